The first-order valence-corrected chi connectivity index (χ1v) is 9.31. The van der Waals surface area contributed by atoms with E-state index in [4.69, 9.17) is 21.7 Å². The summed E-state index contributed by atoms with van der Waals surface area (Å²) in [6, 6.07) is 5.45. The first-order valence-electron chi connectivity index (χ1n) is 8.11. The van der Waals surface area contributed by atoms with Crippen LogP contribution < -0.4 is 4.80 Å². The number of carboxylic acids is 1. The summed E-state index contributed by atoms with van der Waals surface area (Å²) in [7, 11) is 1.92. The van der Waals surface area contributed by atoms with Gasteiger partial charge in [-0.1, -0.05) is 48.3 Å². The second-order valence-corrected chi connectivity index (χ2v) is 7.57. The van der Waals surface area contributed by atoms with Gasteiger partial charge in [0.2, 0.25) is 4.80 Å². The molecule has 1 fully saturated rings. The zero-order valence-corrected chi connectivity index (χ0v) is 15.1. The van der Waals surface area contributed by atoms with Crippen LogP contribution >= 0.6 is 22.9 Å². The molecule has 0 atom stereocenters. The molecule has 1 saturated carbocycles. The minimum Gasteiger partial charge on any atom is -0.478 e. The van der Waals surface area contributed by atoms with Gasteiger partial charge in [-0.05, 0) is 30.5 Å². The maximum Gasteiger partial charge on any atom is 0.337 e. The molecular formula is C17H20ClN3O2S. The van der Waals surface area contributed by atoms with Crippen molar-refractivity contribution in [3.05, 3.63) is 44.2 Å². The van der Waals surface area contributed by atoms with Gasteiger partial charge < -0.3 is 5.11 Å². The minimum atomic E-state index is -1.01. The topological polar surface area (TPSA) is 67.5 Å². The second-order valence-electron chi connectivity index (χ2n) is 6.12. The molecule has 1 aliphatic rings. The SMILES string of the molecule is Cn1nc(Cc2ccc(C(=O)O)c(Cl)c2)sc1=NC1CCCCC1. The molecule has 1 N–H and O–H groups in total. The minimum absolute atomic E-state index is 0.123. The Kier molecular flexibility index (Phi) is 5.36. The van der Waals surface area contributed by atoms with Crippen LogP contribution in [0, 0.1) is 0 Å². The predicted octanol–water partition coefficient (Wildman–Crippen LogP) is 3.66. The molecule has 0 spiro atoms. The van der Waals surface area contributed by atoms with Gasteiger partial charge in [0.15, 0.2) is 0 Å². The molecule has 1 aliphatic carbocycles. The van der Waals surface area contributed by atoms with Crippen LogP contribution in [-0.2, 0) is 13.5 Å². The fraction of sp³-hybridized carbons (Fsp3) is 0.471. The zero-order valence-electron chi connectivity index (χ0n) is 13.5. The molecule has 1 aromatic carbocycles. The van der Waals surface area contributed by atoms with E-state index in [2.05, 4.69) is 5.10 Å². The monoisotopic (exact) mass is 365 g/mol. The molecule has 0 unspecified atom stereocenters. The van der Waals surface area contributed by atoms with Gasteiger partial charge in [0, 0.05) is 13.5 Å². The fourth-order valence-corrected chi connectivity index (χ4v) is 4.24. The number of nitrogens with zero attached hydrogens (tertiary/aromatic N) is 3. The van der Waals surface area contributed by atoms with E-state index in [-0.39, 0.29) is 10.6 Å². The van der Waals surface area contributed by atoms with E-state index in [0.717, 1.165) is 15.4 Å². The van der Waals surface area contributed by atoms with Gasteiger partial charge in [-0.15, -0.1) is 0 Å². The number of hydrogen-bond acceptors (Lipinski definition) is 4. The molecule has 3 rings (SSSR count). The third-order valence-electron chi connectivity index (χ3n) is 4.23. The summed E-state index contributed by atoms with van der Waals surface area (Å²) in [5.41, 5.74) is 1.07. The second kappa shape index (κ2) is 7.49. The summed E-state index contributed by atoms with van der Waals surface area (Å²) in [5.74, 6) is -1.01. The van der Waals surface area contributed by atoms with Crippen molar-refractivity contribution in [2.24, 2.45) is 12.0 Å². The van der Waals surface area contributed by atoms with Gasteiger partial charge in [-0.3, -0.25) is 4.99 Å². The van der Waals surface area contributed by atoms with Crippen molar-refractivity contribution >= 4 is 28.9 Å². The summed E-state index contributed by atoms with van der Waals surface area (Å²) >= 11 is 7.62. The Morgan fingerprint density at radius 1 is 1.42 bits per heavy atom. The quantitative estimate of drug-likeness (QED) is 0.899. The summed E-state index contributed by atoms with van der Waals surface area (Å²) in [6.07, 6.45) is 6.80. The van der Waals surface area contributed by atoms with Crippen molar-refractivity contribution in [1.82, 2.24) is 9.78 Å². The lowest BCUT2D eigenvalue weighted by Gasteiger charge is -2.16. The van der Waals surface area contributed by atoms with Crippen molar-refractivity contribution < 1.29 is 9.90 Å². The van der Waals surface area contributed by atoms with Crippen molar-refractivity contribution in [2.45, 2.75) is 44.6 Å². The van der Waals surface area contributed by atoms with Gasteiger partial charge in [0.25, 0.3) is 0 Å². The number of aromatic nitrogens is 2. The summed E-state index contributed by atoms with van der Waals surface area (Å²) in [6.45, 7) is 0. The molecule has 7 heteroatoms. The first kappa shape index (κ1) is 17.2. The van der Waals surface area contributed by atoms with Crippen LogP contribution in [0.4, 0.5) is 0 Å². The van der Waals surface area contributed by atoms with Crippen LogP contribution in [0.25, 0.3) is 0 Å². The van der Waals surface area contributed by atoms with Gasteiger partial charge in [-0.2, -0.15) is 5.10 Å². The highest BCUT2D eigenvalue weighted by atomic mass is 35.5. The van der Waals surface area contributed by atoms with Crippen molar-refractivity contribution in [3.63, 3.8) is 0 Å². The first-order chi connectivity index (χ1) is 11.5. The molecule has 1 aromatic heterocycles. The molecule has 2 aromatic rings. The van der Waals surface area contributed by atoms with Gasteiger partial charge in [-0.25, -0.2) is 9.48 Å². The number of aryl methyl sites for hydroxylation is 1. The van der Waals surface area contributed by atoms with Crippen LogP contribution in [0.2, 0.25) is 5.02 Å². The van der Waals surface area contributed by atoms with Crippen LogP contribution in [0.15, 0.2) is 23.2 Å². The summed E-state index contributed by atoms with van der Waals surface area (Å²) < 4.78 is 1.84. The van der Waals surface area contributed by atoms with Crippen LogP contribution in [0.1, 0.15) is 53.0 Å². The number of carboxylic acid groups (broad SMARTS) is 1. The molecule has 0 bridgehead atoms. The van der Waals surface area contributed by atoms with Gasteiger partial charge >= 0.3 is 5.97 Å². The zero-order chi connectivity index (χ0) is 17.1. The molecule has 0 amide bonds. The highest BCUT2D eigenvalue weighted by Crippen LogP contribution is 2.21. The average Bonchev–Trinajstić information content (AvgIpc) is 2.87. The summed E-state index contributed by atoms with van der Waals surface area (Å²) in [5, 5.41) is 14.8. The Bertz CT molecular complexity index is 806. The van der Waals surface area contributed by atoms with E-state index in [9.17, 15) is 4.79 Å². The molecule has 5 nitrogen and oxygen atoms in total. The largest absolute Gasteiger partial charge is 0.478 e. The molecule has 0 saturated heterocycles. The Labute approximate surface area is 149 Å². The molecule has 128 valence electrons. The normalized spacial score (nSPS) is 16.5. The van der Waals surface area contributed by atoms with Crippen molar-refractivity contribution in [3.8, 4) is 0 Å². The number of hydrogen-bond donors (Lipinski definition) is 1. The lowest BCUT2D eigenvalue weighted by atomic mass is 9.96. The van der Waals surface area contributed by atoms with Crippen LogP contribution in [-0.4, -0.2) is 26.9 Å². The number of benzene rings is 1. The van der Waals surface area contributed by atoms with E-state index in [0.29, 0.717) is 12.5 Å². The predicted molar refractivity (Wildman–Crippen MR) is 94.7 cm³/mol. The van der Waals surface area contributed by atoms with Crippen LogP contribution in [0.3, 0.4) is 0 Å². The lowest BCUT2D eigenvalue weighted by Crippen LogP contribution is -2.18. The number of aromatic carboxylic acids is 1. The molecule has 24 heavy (non-hydrogen) atoms. The smallest absolute Gasteiger partial charge is 0.337 e. The fourth-order valence-electron chi connectivity index (χ4n) is 2.97. The third kappa shape index (κ3) is 4.05. The van der Waals surface area contributed by atoms with Crippen molar-refractivity contribution in [1.29, 1.82) is 0 Å². The maximum atomic E-state index is 11.0. The van der Waals surface area contributed by atoms with E-state index in [1.807, 2.05) is 11.7 Å². The number of halogens is 1. The molecular weight excluding hydrogens is 346 g/mol. The van der Waals surface area contributed by atoms with Crippen molar-refractivity contribution in [2.75, 3.05) is 0 Å². The highest BCUT2D eigenvalue weighted by molar-refractivity contribution is 7.08. The van der Waals surface area contributed by atoms with Crippen LogP contribution in [0.5, 0.6) is 0 Å². The van der Waals surface area contributed by atoms with Gasteiger partial charge in [0.1, 0.15) is 5.01 Å². The van der Waals surface area contributed by atoms with E-state index < -0.39 is 5.97 Å². The summed E-state index contributed by atoms with van der Waals surface area (Å²) in [4.78, 5) is 16.8. The lowest BCUT2D eigenvalue weighted by molar-refractivity contribution is 0.0697. The Balaban J connectivity index is 1.79. The van der Waals surface area contributed by atoms with E-state index in [1.165, 1.54) is 32.1 Å². The van der Waals surface area contributed by atoms with E-state index >= 15 is 0 Å². The molecule has 1 heterocycles. The average molecular weight is 366 g/mol. The Hall–Kier alpha value is -1.66. The highest BCUT2D eigenvalue weighted by Gasteiger charge is 2.13. The number of rotatable bonds is 4. The Morgan fingerprint density at radius 3 is 2.83 bits per heavy atom. The third-order valence-corrected chi connectivity index (χ3v) is 5.56. The maximum absolute atomic E-state index is 11.0. The van der Waals surface area contributed by atoms with Gasteiger partial charge in [0.05, 0.1) is 16.6 Å². The standard InChI is InChI=1S/C17H20ClN3O2S/c1-21-17(19-12-5-3-2-4-6-12)24-15(20-21)10-11-7-8-13(16(22)23)14(18)9-11/h7-9,12H,2-6,10H2,1H3,(H,22,23). The molecule has 0 aliphatic heterocycles. The number of carbonyl (C=O) groups is 1. The Morgan fingerprint density at radius 2 is 2.17 bits per heavy atom. The molecule has 0 radical (unpaired) electrons. The van der Waals surface area contributed by atoms with E-state index in [1.54, 1.807) is 29.5 Å².